The van der Waals surface area contributed by atoms with E-state index in [1.807, 2.05) is 0 Å². The molecule has 0 nitrogen and oxygen atoms in total. The molecule has 0 aliphatic rings. The zero-order valence-corrected chi connectivity index (χ0v) is 22.6. The molecule has 4 rings (SSSR count). The number of hydrogen-bond donors (Lipinski definition) is 0. The fourth-order valence-electron chi connectivity index (χ4n) is 4.78. The molecule has 0 unspecified atom stereocenters. The van der Waals surface area contributed by atoms with E-state index in [0.717, 1.165) is 0 Å². The van der Waals surface area contributed by atoms with Crippen LogP contribution >= 0.6 is 0 Å². The van der Waals surface area contributed by atoms with Gasteiger partial charge in [0.15, 0.2) is 0 Å². The fraction of sp³-hybridized carbons (Fsp3) is 0.179. The molecule has 0 amide bonds. The van der Waals surface area contributed by atoms with Crippen LogP contribution in [-0.2, 0) is 27.1 Å². The molecule has 0 radical (unpaired) electrons. The summed E-state index contributed by atoms with van der Waals surface area (Å²) in [6, 6.07) is 32.9. The molecule has 164 valence electrons. The van der Waals surface area contributed by atoms with Gasteiger partial charge in [-0.15, -0.1) is 5.56 Å². The Balaban J connectivity index is 0.00000240. The van der Waals surface area contributed by atoms with Crippen molar-refractivity contribution in [3.63, 3.8) is 0 Å². The van der Waals surface area contributed by atoms with Gasteiger partial charge < -0.3 is 37.2 Å². The van der Waals surface area contributed by atoms with E-state index in [9.17, 15) is 0 Å². The molecule has 4 heteroatoms. The van der Waals surface area contributed by atoms with Gasteiger partial charge in [-0.1, -0.05) is 119 Å². The Kier molecular flexibility index (Phi) is 12.2. The van der Waals surface area contributed by atoms with Crippen molar-refractivity contribution in [3.05, 3.63) is 136 Å². The van der Waals surface area contributed by atoms with E-state index in [1.54, 1.807) is 0 Å². The van der Waals surface area contributed by atoms with Crippen LogP contribution in [0.25, 0.3) is 0 Å². The van der Waals surface area contributed by atoms with Gasteiger partial charge >= 0.3 is 21.7 Å². The minimum absolute atomic E-state index is 0. The molecule has 0 bridgehead atoms. The molecule has 0 N–H and O–H groups in total. The predicted molar refractivity (Wildman–Crippen MR) is 119 cm³/mol. The number of rotatable bonds is 4. The Morgan fingerprint density at radius 1 is 0.469 bits per heavy atom. The summed E-state index contributed by atoms with van der Waals surface area (Å²) in [7, 11) is 0. The second-order valence-electron chi connectivity index (χ2n) is 7.72. The van der Waals surface area contributed by atoms with Crippen LogP contribution in [0.5, 0.6) is 0 Å². The fourth-order valence-corrected chi connectivity index (χ4v) is 4.78. The van der Waals surface area contributed by atoms with Crippen LogP contribution in [0.2, 0.25) is 0 Å². The number of benzene rings is 3. The number of hydrogen-bond acceptors (Lipinski definition) is 0. The summed E-state index contributed by atoms with van der Waals surface area (Å²) in [5, 5.41) is 0. The van der Waals surface area contributed by atoms with Gasteiger partial charge in [0.1, 0.15) is 0 Å². The summed E-state index contributed by atoms with van der Waals surface area (Å²) in [4.78, 5) is 0. The molecule has 0 aliphatic heterocycles. The van der Waals surface area contributed by atoms with Crippen LogP contribution in [0.3, 0.4) is 0 Å². The molecule has 0 heterocycles. The summed E-state index contributed by atoms with van der Waals surface area (Å²) < 4.78 is 0. The quantitative estimate of drug-likeness (QED) is 0.168. The third-order valence-electron chi connectivity index (χ3n) is 6.43. The molecule has 0 saturated carbocycles. The van der Waals surface area contributed by atoms with Crippen molar-refractivity contribution in [3.8, 4) is 0 Å². The van der Waals surface area contributed by atoms with Crippen molar-refractivity contribution in [1.82, 2.24) is 0 Å². The van der Waals surface area contributed by atoms with Gasteiger partial charge in [0.05, 0.1) is 0 Å². The Hall–Kier alpha value is -1.41. The van der Waals surface area contributed by atoms with Crippen LogP contribution < -0.4 is 37.2 Å². The smallest absolute Gasteiger partial charge is 1.00 e. The zero-order chi connectivity index (χ0) is 19.7. The van der Waals surface area contributed by atoms with Crippen molar-refractivity contribution in [2.24, 2.45) is 0 Å². The Labute approximate surface area is 226 Å². The van der Waals surface area contributed by atoms with Gasteiger partial charge in [-0.2, -0.15) is 22.3 Å². The summed E-state index contributed by atoms with van der Waals surface area (Å²) in [6.07, 6.45) is 0. The van der Waals surface area contributed by atoms with Gasteiger partial charge in [-0.05, 0) is 16.7 Å². The van der Waals surface area contributed by atoms with E-state index in [0.29, 0.717) is 0 Å². The predicted octanol–water partition coefficient (Wildman–Crippen LogP) is -1.97. The Morgan fingerprint density at radius 3 is 0.969 bits per heavy atom. The summed E-state index contributed by atoms with van der Waals surface area (Å²) in [5.41, 5.74) is 10.6. The Morgan fingerprint density at radius 2 is 0.719 bits per heavy atom. The summed E-state index contributed by atoms with van der Waals surface area (Å²) >= 11 is 0. The van der Waals surface area contributed by atoms with Crippen LogP contribution in [0.15, 0.2) is 91.0 Å². The minimum atomic E-state index is -0.336. The SMILES string of the molecule is Cc1c(C)c(C)[c-](C(c2ccccc2)(c2ccccc2)c2ccccc2)c1C.[Cl-].[Cl-].[Cl-].[Ti+4]. The first-order valence-corrected chi connectivity index (χ1v) is 9.98. The third kappa shape index (κ3) is 4.91. The van der Waals surface area contributed by atoms with Crippen molar-refractivity contribution in [1.29, 1.82) is 0 Å². The molecular formula is C28H27Cl3Ti. The van der Waals surface area contributed by atoms with Crippen molar-refractivity contribution < 1.29 is 58.9 Å². The van der Waals surface area contributed by atoms with Gasteiger partial charge in [-0.25, -0.2) is 0 Å². The largest absolute Gasteiger partial charge is 4.00 e. The zero-order valence-electron chi connectivity index (χ0n) is 18.8. The molecule has 0 spiro atoms. The molecule has 4 aromatic carbocycles. The normalized spacial score (nSPS) is 10.1. The first-order chi connectivity index (χ1) is 13.6. The molecule has 0 fully saturated rings. The van der Waals surface area contributed by atoms with Crippen molar-refractivity contribution >= 4 is 0 Å². The molecule has 0 atom stereocenters. The van der Waals surface area contributed by atoms with E-state index in [2.05, 4.69) is 119 Å². The Bertz CT molecular complexity index is 966. The van der Waals surface area contributed by atoms with Crippen LogP contribution in [-0.4, -0.2) is 0 Å². The average Bonchev–Trinajstić information content (AvgIpc) is 2.95. The molecule has 32 heavy (non-hydrogen) atoms. The van der Waals surface area contributed by atoms with E-state index < -0.39 is 0 Å². The molecular weight excluding hydrogens is 491 g/mol. The first-order valence-electron chi connectivity index (χ1n) is 9.98. The van der Waals surface area contributed by atoms with Crippen LogP contribution in [0.4, 0.5) is 0 Å². The average molecular weight is 518 g/mol. The van der Waals surface area contributed by atoms with E-state index in [1.165, 1.54) is 44.5 Å². The van der Waals surface area contributed by atoms with Gasteiger partial charge in [0, 0.05) is 5.41 Å². The second-order valence-corrected chi connectivity index (χ2v) is 7.72. The summed E-state index contributed by atoms with van der Waals surface area (Å²) in [6.45, 7) is 9.09. The molecule has 0 aromatic heterocycles. The maximum atomic E-state index is 2.29. The monoisotopic (exact) mass is 516 g/mol. The van der Waals surface area contributed by atoms with Crippen LogP contribution in [0, 0.1) is 27.7 Å². The second kappa shape index (κ2) is 12.7. The summed E-state index contributed by atoms with van der Waals surface area (Å²) in [5.74, 6) is 0. The van der Waals surface area contributed by atoms with Gasteiger partial charge in [0.25, 0.3) is 0 Å². The molecule has 0 aliphatic carbocycles. The van der Waals surface area contributed by atoms with Crippen molar-refractivity contribution in [2.45, 2.75) is 33.1 Å². The van der Waals surface area contributed by atoms with E-state index in [4.69, 9.17) is 0 Å². The third-order valence-corrected chi connectivity index (χ3v) is 6.43. The molecule has 0 saturated heterocycles. The maximum absolute atomic E-state index is 2.29. The van der Waals surface area contributed by atoms with Crippen LogP contribution in [0.1, 0.15) is 44.5 Å². The molecule has 4 aromatic rings. The first kappa shape index (κ1) is 30.6. The number of halogens is 3. The van der Waals surface area contributed by atoms with Gasteiger partial charge in [-0.3, -0.25) is 0 Å². The minimum Gasteiger partial charge on any atom is -1.00 e. The standard InChI is InChI=1S/C28H27.3ClH.Ti/c1-20-21(2)23(4)27(22(20)3)28(24-14-8-5-9-15-24,25-16-10-6-11-17-25)26-18-12-7-13-19-26;;;;/h5-19H,1-4H3;3*1H;/q-1;;;;+4/p-3. The van der Waals surface area contributed by atoms with Crippen molar-refractivity contribution in [2.75, 3.05) is 0 Å². The van der Waals surface area contributed by atoms with Gasteiger partial charge in [0.2, 0.25) is 0 Å². The topological polar surface area (TPSA) is 0 Å². The van der Waals surface area contributed by atoms with E-state index in [-0.39, 0.29) is 64.4 Å². The maximum Gasteiger partial charge on any atom is 4.00 e. The van der Waals surface area contributed by atoms with E-state index >= 15 is 0 Å².